The number of piperidine rings is 1. The Morgan fingerprint density at radius 2 is 1.77 bits per heavy atom. The van der Waals surface area contributed by atoms with Crippen LogP contribution in [0.15, 0.2) is 59.5 Å². The van der Waals surface area contributed by atoms with Gasteiger partial charge in [0.2, 0.25) is 10.0 Å². The maximum atomic E-state index is 13.2. The number of nitrogens with two attached hydrogens (primary N) is 1. The van der Waals surface area contributed by atoms with Crippen molar-refractivity contribution < 1.29 is 13.3 Å². The molecule has 8 heteroatoms. The van der Waals surface area contributed by atoms with Gasteiger partial charge in [-0.15, -0.1) is 0 Å². The van der Waals surface area contributed by atoms with Crippen LogP contribution in [-0.2, 0) is 10.0 Å². The molecule has 0 aliphatic carbocycles. The largest absolute Gasteiger partial charge is 0.330 e. The van der Waals surface area contributed by atoms with E-state index in [4.69, 9.17) is 5.73 Å². The molecule has 1 fully saturated rings. The van der Waals surface area contributed by atoms with Crippen molar-refractivity contribution in [1.82, 2.24) is 4.31 Å². The number of nitro benzene ring substituents is 1. The summed E-state index contributed by atoms with van der Waals surface area (Å²) in [4.78, 5) is 10.3. The van der Waals surface area contributed by atoms with E-state index in [-0.39, 0.29) is 22.5 Å². The van der Waals surface area contributed by atoms with Gasteiger partial charge in [0.15, 0.2) is 0 Å². The van der Waals surface area contributed by atoms with Gasteiger partial charge in [0.25, 0.3) is 5.69 Å². The van der Waals surface area contributed by atoms with Gasteiger partial charge in [-0.25, -0.2) is 8.42 Å². The molecule has 2 aromatic rings. The molecule has 7 nitrogen and oxygen atoms in total. The molecule has 138 valence electrons. The Kier molecular flexibility index (Phi) is 5.36. The second kappa shape index (κ2) is 7.53. The number of hydrogen-bond acceptors (Lipinski definition) is 5. The average Bonchev–Trinajstić information content (AvgIpc) is 2.68. The van der Waals surface area contributed by atoms with E-state index in [0.29, 0.717) is 13.1 Å². The zero-order valence-electron chi connectivity index (χ0n) is 14.2. The van der Waals surface area contributed by atoms with Crippen LogP contribution in [0.2, 0.25) is 0 Å². The van der Waals surface area contributed by atoms with Crippen LogP contribution in [0.4, 0.5) is 5.69 Å². The standard InChI is InChI=1S/C18H21N3O4S/c19-13-15-7-4-12-20(18(15)14-5-2-1-3-6-14)26(24,25)17-10-8-16(9-11-17)21(22)23/h1-3,5-6,8-11,15,18H,4,7,12-13,19H2/t15-,18+/m1/s1. The van der Waals surface area contributed by atoms with Crippen LogP contribution in [0.1, 0.15) is 24.4 Å². The fourth-order valence-corrected chi connectivity index (χ4v) is 5.23. The molecule has 1 saturated heterocycles. The first-order chi connectivity index (χ1) is 12.4. The summed E-state index contributed by atoms with van der Waals surface area (Å²) in [5.74, 6) is 0.0268. The normalized spacial score (nSPS) is 21.4. The van der Waals surface area contributed by atoms with Crippen LogP contribution < -0.4 is 5.73 Å². The van der Waals surface area contributed by atoms with Gasteiger partial charge >= 0.3 is 0 Å². The lowest BCUT2D eigenvalue weighted by atomic mass is 9.86. The van der Waals surface area contributed by atoms with Gasteiger partial charge in [-0.3, -0.25) is 10.1 Å². The van der Waals surface area contributed by atoms with Gasteiger partial charge in [-0.2, -0.15) is 4.31 Å². The summed E-state index contributed by atoms with van der Waals surface area (Å²) in [5.41, 5.74) is 6.71. The smallest absolute Gasteiger partial charge is 0.269 e. The van der Waals surface area contributed by atoms with Gasteiger partial charge in [0, 0.05) is 18.7 Å². The van der Waals surface area contributed by atoms with Crippen molar-refractivity contribution >= 4 is 15.7 Å². The third-order valence-electron chi connectivity index (χ3n) is 4.81. The average molecular weight is 375 g/mol. The Balaban J connectivity index is 2.01. The lowest BCUT2D eigenvalue weighted by Crippen LogP contribution is -2.44. The first-order valence-corrected chi connectivity index (χ1v) is 9.90. The molecule has 3 rings (SSSR count). The topological polar surface area (TPSA) is 107 Å². The molecule has 0 saturated carbocycles. The minimum atomic E-state index is -3.79. The predicted molar refractivity (Wildman–Crippen MR) is 97.9 cm³/mol. The fourth-order valence-electron chi connectivity index (χ4n) is 3.52. The lowest BCUT2D eigenvalue weighted by molar-refractivity contribution is -0.384. The third-order valence-corrected chi connectivity index (χ3v) is 6.70. The van der Waals surface area contributed by atoms with E-state index >= 15 is 0 Å². The van der Waals surface area contributed by atoms with E-state index in [9.17, 15) is 18.5 Å². The second-order valence-electron chi connectivity index (χ2n) is 6.36. The third kappa shape index (κ3) is 3.48. The van der Waals surface area contributed by atoms with Crippen LogP contribution >= 0.6 is 0 Å². The van der Waals surface area contributed by atoms with E-state index in [0.717, 1.165) is 18.4 Å². The quantitative estimate of drug-likeness (QED) is 0.639. The molecule has 1 aliphatic rings. The maximum absolute atomic E-state index is 13.2. The van der Waals surface area contributed by atoms with Gasteiger partial charge in [-0.1, -0.05) is 30.3 Å². The molecule has 2 atom stereocenters. The van der Waals surface area contributed by atoms with Crippen molar-refractivity contribution in [2.45, 2.75) is 23.8 Å². The molecule has 1 aliphatic heterocycles. The summed E-state index contributed by atoms with van der Waals surface area (Å²) in [6, 6.07) is 14.2. The van der Waals surface area contributed by atoms with Crippen LogP contribution in [0, 0.1) is 16.0 Å². The second-order valence-corrected chi connectivity index (χ2v) is 8.25. The van der Waals surface area contributed by atoms with Gasteiger partial charge < -0.3 is 5.73 Å². The zero-order chi connectivity index (χ0) is 18.7. The highest BCUT2D eigenvalue weighted by molar-refractivity contribution is 7.89. The monoisotopic (exact) mass is 375 g/mol. The summed E-state index contributed by atoms with van der Waals surface area (Å²) in [6.07, 6.45) is 1.60. The molecule has 2 aromatic carbocycles. The fraction of sp³-hybridized carbons (Fsp3) is 0.333. The molecule has 2 N–H and O–H groups in total. The Labute approximate surface area is 152 Å². The highest BCUT2D eigenvalue weighted by Crippen LogP contribution is 2.39. The molecule has 0 radical (unpaired) electrons. The number of nitro groups is 1. The van der Waals surface area contributed by atoms with Crippen molar-refractivity contribution in [3.8, 4) is 0 Å². The van der Waals surface area contributed by atoms with Crippen LogP contribution in [-0.4, -0.2) is 30.7 Å². The summed E-state index contributed by atoms with van der Waals surface area (Å²) >= 11 is 0. The number of hydrogen-bond donors (Lipinski definition) is 1. The minimum Gasteiger partial charge on any atom is -0.330 e. The van der Waals surface area contributed by atoms with E-state index < -0.39 is 14.9 Å². The number of sulfonamides is 1. The molecule has 0 bridgehead atoms. The molecule has 0 unspecified atom stereocenters. The molecular weight excluding hydrogens is 354 g/mol. The Morgan fingerprint density at radius 1 is 1.12 bits per heavy atom. The summed E-state index contributed by atoms with van der Waals surface area (Å²) in [7, 11) is -3.79. The summed E-state index contributed by atoms with van der Waals surface area (Å²) in [6.45, 7) is 0.793. The number of benzene rings is 2. The van der Waals surface area contributed by atoms with E-state index in [1.807, 2.05) is 30.3 Å². The van der Waals surface area contributed by atoms with Crippen molar-refractivity contribution in [3.63, 3.8) is 0 Å². The van der Waals surface area contributed by atoms with Gasteiger partial charge in [-0.05, 0) is 43.0 Å². The molecule has 1 heterocycles. The predicted octanol–water partition coefficient (Wildman–Crippen LogP) is 2.70. The van der Waals surface area contributed by atoms with Crippen molar-refractivity contribution in [1.29, 1.82) is 0 Å². The minimum absolute atomic E-state index is 0.0268. The summed E-state index contributed by atoms with van der Waals surface area (Å²) < 4.78 is 27.9. The zero-order valence-corrected chi connectivity index (χ0v) is 15.0. The van der Waals surface area contributed by atoms with E-state index in [1.54, 1.807) is 0 Å². The Morgan fingerprint density at radius 3 is 2.35 bits per heavy atom. The van der Waals surface area contributed by atoms with Crippen LogP contribution in [0.25, 0.3) is 0 Å². The SMILES string of the molecule is NC[C@H]1CCCN(S(=O)(=O)c2ccc([N+](=O)[O-])cc2)[C@H]1c1ccccc1. The van der Waals surface area contributed by atoms with Crippen molar-refractivity contribution in [2.75, 3.05) is 13.1 Å². The number of rotatable bonds is 5. The molecule has 0 spiro atoms. The highest BCUT2D eigenvalue weighted by Gasteiger charge is 2.39. The van der Waals surface area contributed by atoms with E-state index in [2.05, 4.69) is 0 Å². The maximum Gasteiger partial charge on any atom is 0.269 e. The molecule has 26 heavy (non-hydrogen) atoms. The molecule has 0 amide bonds. The Hall–Kier alpha value is -2.29. The first kappa shape index (κ1) is 18.5. The lowest BCUT2D eigenvalue weighted by Gasteiger charge is -2.40. The summed E-state index contributed by atoms with van der Waals surface area (Å²) in [5, 5.41) is 10.8. The van der Waals surface area contributed by atoms with Crippen LogP contribution in [0.3, 0.4) is 0 Å². The first-order valence-electron chi connectivity index (χ1n) is 8.46. The van der Waals surface area contributed by atoms with Crippen LogP contribution in [0.5, 0.6) is 0 Å². The molecule has 0 aromatic heterocycles. The highest BCUT2D eigenvalue weighted by atomic mass is 32.2. The number of non-ortho nitro benzene ring substituents is 1. The van der Waals surface area contributed by atoms with E-state index in [1.165, 1.54) is 28.6 Å². The van der Waals surface area contributed by atoms with Gasteiger partial charge in [0.05, 0.1) is 15.9 Å². The molecular formula is C18H21N3O4S. The number of nitrogens with zero attached hydrogens (tertiary/aromatic N) is 2. The van der Waals surface area contributed by atoms with Crippen molar-refractivity contribution in [2.24, 2.45) is 11.7 Å². The Bertz CT molecular complexity index is 869. The van der Waals surface area contributed by atoms with Crippen molar-refractivity contribution in [3.05, 3.63) is 70.3 Å². The van der Waals surface area contributed by atoms with Gasteiger partial charge in [0.1, 0.15) is 0 Å².